The predicted molar refractivity (Wildman–Crippen MR) is 79.1 cm³/mol. The molecule has 1 aromatic rings. The van der Waals surface area contributed by atoms with Crippen LogP contribution in [0.3, 0.4) is 0 Å². The van der Waals surface area contributed by atoms with E-state index in [0.717, 1.165) is 24.4 Å². The number of ether oxygens (including phenoxy) is 1. The van der Waals surface area contributed by atoms with Gasteiger partial charge in [-0.05, 0) is 38.8 Å². The zero-order chi connectivity index (χ0) is 14.8. The maximum absolute atomic E-state index is 12.5. The van der Waals surface area contributed by atoms with Crippen molar-refractivity contribution in [2.75, 3.05) is 19.0 Å². The molecule has 2 heterocycles. The Kier molecular flexibility index (Phi) is 4.28. The van der Waals surface area contributed by atoms with Crippen LogP contribution in [0.1, 0.15) is 43.2 Å². The Labute approximate surface area is 120 Å². The highest BCUT2D eigenvalue weighted by Gasteiger charge is 2.38. The quantitative estimate of drug-likeness (QED) is 0.883. The van der Waals surface area contributed by atoms with Gasteiger partial charge in [-0.1, -0.05) is 6.92 Å². The van der Waals surface area contributed by atoms with Gasteiger partial charge in [-0.2, -0.15) is 0 Å². The molecule has 1 aliphatic heterocycles. The highest BCUT2D eigenvalue weighted by Crippen LogP contribution is 2.25. The second-order valence-electron chi connectivity index (χ2n) is 5.47. The summed E-state index contributed by atoms with van der Waals surface area (Å²) in [7, 11) is 1.80. The summed E-state index contributed by atoms with van der Waals surface area (Å²) >= 11 is 0. The molecule has 1 saturated heterocycles. The first kappa shape index (κ1) is 14.8. The molecule has 2 atom stereocenters. The van der Waals surface area contributed by atoms with Crippen molar-refractivity contribution in [1.29, 1.82) is 0 Å². The maximum Gasteiger partial charge on any atom is 0.251 e. The molecule has 2 N–H and O–H groups in total. The molecule has 1 aliphatic rings. The molecule has 0 aromatic carbocycles. The first-order chi connectivity index (χ1) is 9.48. The highest BCUT2D eigenvalue weighted by molar-refractivity contribution is 5.95. The minimum Gasteiger partial charge on any atom is -0.376 e. The van der Waals surface area contributed by atoms with Gasteiger partial charge in [0.15, 0.2) is 0 Å². The molecule has 5 nitrogen and oxygen atoms in total. The molecule has 1 amide bonds. The third kappa shape index (κ3) is 2.93. The largest absolute Gasteiger partial charge is 0.376 e. The first-order valence-electron chi connectivity index (χ1n) is 7.11. The van der Waals surface area contributed by atoms with Crippen molar-refractivity contribution in [1.82, 2.24) is 10.3 Å². The van der Waals surface area contributed by atoms with Crippen molar-refractivity contribution in [2.45, 2.75) is 45.3 Å². The van der Waals surface area contributed by atoms with E-state index in [1.165, 1.54) is 0 Å². The minimum atomic E-state index is -0.299. The summed E-state index contributed by atoms with van der Waals surface area (Å²) in [5.74, 6) is 0.647. The Balaban J connectivity index is 2.20. The number of carbonyl (C=O) groups excluding carboxylic acids is 1. The van der Waals surface area contributed by atoms with E-state index in [2.05, 4.69) is 15.6 Å². The molecule has 110 valence electrons. The molecule has 0 radical (unpaired) electrons. The summed E-state index contributed by atoms with van der Waals surface area (Å²) in [4.78, 5) is 16.9. The topological polar surface area (TPSA) is 63.2 Å². The van der Waals surface area contributed by atoms with E-state index in [1.807, 2.05) is 26.8 Å². The van der Waals surface area contributed by atoms with Gasteiger partial charge in [0.25, 0.3) is 5.91 Å². The highest BCUT2D eigenvalue weighted by atomic mass is 16.5. The fourth-order valence-electron chi connectivity index (χ4n) is 2.36. The van der Waals surface area contributed by atoms with Gasteiger partial charge in [0.2, 0.25) is 0 Å². The van der Waals surface area contributed by atoms with Crippen LogP contribution in [0.2, 0.25) is 0 Å². The zero-order valence-electron chi connectivity index (χ0n) is 12.6. The molecule has 1 aromatic heterocycles. The van der Waals surface area contributed by atoms with E-state index in [-0.39, 0.29) is 17.6 Å². The van der Waals surface area contributed by atoms with Crippen molar-refractivity contribution < 1.29 is 9.53 Å². The van der Waals surface area contributed by atoms with Crippen molar-refractivity contribution >= 4 is 11.7 Å². The number of aryl methyl sites for hydroxylation is 1. The zero-order valence-corrected chi connectivity index (χ0v) is 12.6. The fourth-order valence-corrected chi connectivity index (χ4v) is 2.36. The van der Waals surface area contributed by atoms with Gasteiger partial charge in [-0.15, -0.1) is 0 Å². The SMILES string of the molecule is CCc1cc(C(=O)NC2(C)CCOC2C)cc(NC)n1. The maximum atomic E-state index is 12.5. The predicted octanol–water partition coefficient (Wildman–Crippen LogP) is 1.98. The Bertz CT molecular complexity index is 482. The molecule has 0 spiro atoms. The van der Waals surface area contributed by atoms with Crippen LogP contribution in [0.5, 0.6) is 0 Å². The van der Waals surface area contributed by atoms with Gasteiger partial charge in [-0.25, -0.2) is 4.98 Å². The fraction of sp³-hybridized carbons (Fsp3) is 0.600. The standard InChI is InChI=1S/C15H23N3O2/c1-5-12-8-11(9-13(16-4)17-12)14(19)18-15(3)6-7-20-10(15)2/h8-10H,5-7H2,1-4H3,(H,16,17)(H,18,19). The number of aromatic nitrogens is 1. The van der Waals surface area contributed by atoms with Crippen molar-refractivity contribution in [2.24, 2.45) is 0 Å². The second-order valence-corrected chi connectivity index (χ2v) is 5.47. The summed E-state index contributed by atoms with van der Waals surface area (Å²) in [6, 6.07) is 3.62. The van der Waals surface area contributed by atoms with E-state index in [1.54, 1.807) is 13.1 Å². The number of rotatable bonds is 4. The Morgan fingerprint density at radius 3 is 2.85 bits per heavy atom. The molecule has 2 rings (SSSR count). The van der Waals surface area contributed by atoms with Gasteiger partial charge >= 0.3 is 0 Å². The third-order valence-corrected chi connectivity index (χ3v) is 4.04. The summed E-state index contributed by atoms with van der Waals surface area (Å²) in [5.41, 5.74) is 1.25. The summed E-state index contributed by atoms with van der Waals surface area (Å²) < 4.78 is 5.56. The first-order valence-corrected chi connectivity index (χ1v) is 7.11. The van der Waals surface area contributed by atoms with E-state index in [0.29, 0.717) is 12.2 Å². The molecule has 20 heavy (non-hydrogen) atoms. The summed E-state index contributed by atoms with van der Waals surface area (Å²) in [5, 5.41) is 6.10. The Morgan fingerprint density at radius 2 is 2.30 bits per heavy atom. The molecular weight excluding hydrogens is 254 g/mol. The van der Waals surface area contributed by atoms with Gasteiger partial charge in [0.1, 0.15) is 5.82 Å². The number of anilines is 1. The molecule has 0 saturated carbocycles. The van der Waals surface area contributed by atoms with E-state index in [9.17, 15) is 4.79 Å². The van der Waals surface area contributed by atoms with Crippen LogP contribution in [0.15, 0.2) is 12.1 Å². The van der Waals surface area contributed by atoms with Crippen LogP contribution >= 0.6 is 0 Å². The average molecular weight is 277 g/mol. The Morgan fingerprint density at radius 1 is 1.55 bits per heavy atom. The number of nitrogens with zero attached hydrogens (tertiary/aromatic N) is 1. The van der Waals surface area contributed by atoms with Gasteiger partial charge < -0.3 is 15.4 Å². The average Bonchev–Trinajstić information content (AvgIpc) is 2.77. The van der Waals surface area contributed by atoms with Gasteiger partial charge in [0, 0.05) is 24.9 Å². The lowest BCUT2D eigenvalue weighted by Gasteiger charge is -2.29. The number of hydrogen-bond acceptors (Lipinski definition) is 4. The lowest BCUT2D eigenvalue weighted by molar-refractivity contribution is 0.0727. The smallest absolute Gasteiger partial charge is 0.251 e. The number of pyridine rings is 1. The lowest BCUT2D eigenvalue weighted by atomic mass is 9.94. The molecule has 0 bridgehead atoms. The van der Waals surface area contributed by atoms with Crippen LogP contribution in [0, 0.1) is 0 Å². The van der Waals surface area contributed by atoms with Gasteiger partial charge in [-0.3, -0.25) is 4.79 Å². The van der Waals surface area contributed by atoms with Crippen molar-refractivity contribution in [3.8, 4) is 0 Å². The summed E-state index contributed by atoms with van der Waals surface area (Å²) in [6.45, 7) is 6.74. The number of amides is 1. The van der Waals surface area contributed by atoms with Crippen LogP contribution in [0.25, 0.3) is 0 Å². The van der Waals surface area contributed by atoms with Crippen molar-refractivity contribution in [3.63, 3.8) is 0 Å². The molecule has 5 heteroatoms. The second kappa shape index (κ2) is 5.79. The van der Waals surface area contributed by atoms with Crippen LogP contribution in [-0.2, 0) is 11.2 Å². The number of hydrogen-bond donors (Lipinski definition) is 2. The van der Waals surface area contributed by atoms with E-state index < -0.39 is 0 Å². The molecule has 1 fully saturated rings. The van der Waals surface area contributed by atoms with Crippen LogP contribution in [0.4, 0.5) is 5.82 Å². The number of nitrogens with one attached hydrogen (secondary N) is 2. The van der Waals surface area contributed by atoms with Crippen LogP contribution < -0.4 is 10.6 Å². The molecular formula is C15H23N3O2. The summed E-state index contributed by atoms with van der Waals surface area (Å²) in [6.07, 6.45) is 1.67. The number of carbonyl (C=O) groups is 1. The monoisotopic (exact) mass is 277 g/mol. The van der Waals surface area contributed by atoms with Gasteiger partial charge in [0.05, 0.1) is 11.6 Å². The minimum absolute atomic E-state index is 0.0303. The van der Waals surface area contributed by atoms with E-state index >= 15 is 0 Å². The normalized spacial score (nSPS) is 25.5. The van der Waals surface area contributed by atoms with Crippen molar-refractivity contribution in [3.05, 3.63) is 23.4 Å². The molecule has 2 unspecified atom stereocenters. The lowest BCUT2D eigenvalue weighted by Crippen LogP contribution is -2.50. The molecule has 0 aliphatic carbocycles. The van der Waals surface area contributed by atoms with E-state index in [4.69, 9.17) is 4.74 Å². The van der Waals surface area contributed by atoms with Crippen LogP contribution in [-0.4, -0.2) is 36.2 Å². The Hall–Kier alpha value is -1.62. The third-order valence-electron chi connectivity index (χ3n) is 4.04.